The lowest BCUT2D eigenvalue weighted by Gasteiger charge is -2.25. The van der Waals surface area contributed by atoms with Crippen molar-refractivity contribution in [3.8, 4) is 0 Å². The summed E-state index contributed by atoms with van der Waals surface area (Å²) in [5.41, 5.74) is 1.76. The van der Waals surface area contributed by atoms with Crippen molar-refractivity contribution in [2.45, 2.75) is 25.0 Å². The van der Waals surface area contributed by atoms with Crippen molar-refractivity contribution in [1.29, 1.82) is 0 Å². The molecule has 1 aromatic carbocycles. The minimum Gasteiger partial charge on any atom is -0.385 e. The summed E-state index contributed by atoms with van der Waals surface area (Å²) < 4.78 is 21.8. The van der Waals surface area contributed by atoms with Gasteiger partial charge < -0.3 is 5.32 Å². The van der Waals surface area contributed by atoms with E-state index in [1.165, 1.54) is 19.3 Å². The second-order valence-corrected chi connectivity index (χ2v) is 6.30. The number of hydrogen-bond acceptors (Lipinski definition) is 3. The first kappa shape index (κ1) is 12.4. The summed E-state index contributed by atoms with van der Waals surface area (Å²) in [7, 11) is -3.43. The molecule has 3 N–H and O–H groups in total. The Morgan fingerprint density at radius 3 is 2.35 bits per heavy atom. The van der Waals surface area contributed by atoms with Crippen molar-refractivity contribution in [2.24, 2.45) is 11.1 Å². The van der Waals surface area contributed by atoms with Crippen molar-refractivity contribution in [3.05, 3.63) is 29.8 Å². The summed E-state index contributed by atoms with van der Waals surface area (Å²) in [5, 5.41) is 8.34. The van der Waals surface area contributed by atoms with Crippen LogP contribution in [0.3, 0.4) is 0 Å². The third-order valence-corrected chi connectivity index (χ3v) is 3.88. The van der Waals surface area contributed by atoms with Gasteiger partial charge in [0.05, 0.1) is 5.75 Å². The quantitative estimate of drug-likeness (QED) is 0.840. The summed E-state index contributed by atoms with van der Waals surface area (Å²) in [6.07, 6.45) is 3.98. The largest absolute Gasteiger partial charge is 0.385 e. The lowest BCUT2D eigenvalue weighted by molar-refractivity contribution is 0.333. The van der Waals surface area contributed by atoms with Gasteiger partial charge in [-0.25, -0.2) is 13.6 Å². The Balaban J connectivity index is 1.88. The van der Waals surface area contributed by atoms with Gasteiger partial charge in [-0.15, -0.1) is 0 Å². The normalized spacial score (nSPS) is 16.5. The van der Waals surface area contributed by atoms with Crippen LogP contribution in [0, 0.1) is 5.92 Å². The van der Waals surface area contributed by atoms with Gasteiger partial charge in [0, 0.05) is 12.2 Å². The fourth-order valence-electron chi connectivity index (χ4n) is 1.91. The zero-order chi connectivity index (χ0) is 12.3. The average molecular weight is 254 g/mol. The molecule has 1 aliphatic rings. The maximum atomic E-state index is 10.9. The fourth-order valence-corrected chi connectivity index (χ4v) is 2.57. The number of sulfonamides is 1. The number of nitrogens with one attached hydrogen (secondary N) is 1. The summed E-state index contributed by atoms with van der Waals surface area (Å²) in [6, 6.07) is 7.40. The van der Waals surface area contributed by atoms with Crippen molar-refractivity contribution < 1.29 is 8.42 Å². The molecule has 17 heavy (non-hydrogen) atoms. The molecule has 2 rings (SSSR count). The van der Waals surface area contributed by atoms with Gasteiger partial charge in [-0.3, -0.25) is 0 Å². The van der Waals surface area contributed by atoms with E-state index in [1.807, 2.05) is 12.1 Å². The summed E-state index contributed by atoms with van der Waals surface area (Å²) >= 11 is 0. The van der Waals surface area contributed by atoms with Crippen LogP contribution >= 0.6 is 0 Å². The molecule has 0 spiro atoms. The Bertz CT molecular complexity index is 464. The molecule has 0 aromatic heterocycles. The van der Waals surface area contributed by atoms with Gasteiger partial charge in [0.25, 0.3) is 0 Å². The summed E-state index contributed by atoms with van der Waals surface area (Å²) in [6.45, 7) is 1.01. The minimum atomic E-state index is -3.43. The van der Waals surface area contributed by atoms with Crippen LogP contribution in [0.5, 0.6) is 0 Å². The van der Waals surface area contributed by atoms with Crippen LogP contribution in [-0.2, 0) is 15.8 Å². The molecule has 0 radical (unpaired) electrons. The molecule has 0 saturated heterocycles. The molecule has 1 aromatic rings. The Kier molecular flexibility index (Phi) is 3.69. The lowest BCUT2D eigenvalue weighted by atomic mass is 9.85. The molecule has 0 heterocycles. The fraction of sp³-hybridized carbons (Fsp3) is 0.500. The third kappa shape index (κ3) is 4.02. The van der Waals surface area contributed by atoms with Crippen LogP contribution < -0.4 is 10.5 Å². The van der Waals surface area contributed by atoms with E-state index in [-0.39, 0.29) is 5.75 Å². The van der Waals surface area contributed by atoms with Crippen LogP contribution in [-0.4, -0.2) is 15.0 Å². The maximum absolute atomic E-state index is 10.9. The Labute approximate surface area is 102 Å². The predicted octanol–water partition coefficient (Wildman–Crippen LogP) is 1.69. The average Bonchev–Trinajstić information content (AvgIpc) is 2.16. The van der Waals surface area contributed by atoms with E-state index in [2.05, 4.69) is 5.32 Å². The molecular weight excluding hydrogens is 236 g/mol. The molecule has 0 bridgehead atoms. The van der Waals surface area contributed by atoms with Crippen molar-refractivity contribution in [3.63, 3.8) is 0 Å². The van der Waals surface area contributed by atoms with E-state index >= 15 is 0 Å². The highest BCUT2D eigenvalue weighted by Gasteiger charge is 2.16. The van der Waals surface area contributed by atoms with Gasteiger partial charge in [-0.2, -0.15) is 0 Å². The number of primary sulfonamides is 1. The topological polar surface area (TPSA) is 72.2 Å². The van der Waals surface area contributed by atoms with E-state index < -0.39 is 10.0 Å². The van der Waals surface area contributed by atoms with E-state index in [9.17, 15) is 8.42 Å². The first-order valence-electron chi connectivity index (χ1n) is 5.86. The van der Waals surface area contributed by atoms with Crippen molar-refractivity contribution in [2.75, 3.05) is 11.9 Å². The van der Waals surface area contributed by atoms with Crippen LogP contribution in [0.25, 0.3) is 0 Å². The predicted molar refractivity (Wildman–Crippen MR) is 69.1 cm³/mol. The van der Waals surface area contributed by atoms with Crippen molar-refractivity contribution >= 4 is 15.7 Å². The Morgan fingerprint density at radius 1 is 1.24 bits per heavy atom. The van der Waals surface area contributed by atoms with E-state index in [0.717, 1.165) is 23.7 Å². The van der Waals surface area contributed by atoms with E-state index in [1.54, 1.807) is 12.1 Å². The highest BCUT2D eigenvalue weighted by atomic mass is 32.2. The molecule has 94 valence electrons. The lowest BCUT2D eigenvalue weighted by Crippen LogP contribution is -2.20. The molecular formula is C12H18N2O2S. The van der Waals surface area contributed by atoms with Crippen LogP contribution in [0.1, 0.15) is 24.8 Å². The number of nitrogens with two attached hydrogens (primary N) is 1. The first-order chi connectivity index (χ1) is 8.03. The Hall–Kier alpha value is -1.07. The molecule has 5 heteroatoms. The highest BCUT2D eigenvalue weighted by molar-refractivity contribution is 7.88. The van der Waals surface area contributed by atoms with Crippen molar-refractivity contribution in [1.82, 2.24) is 0 Å². The van der Waals surface area contributed by atoms with Crippen LogP contribution in [0.2, 0.25) is 0 Å². The first-order valence-corrected chi connectivity index (χ1v) is 7.58. The Morgan fingerprint density at radius 2 is 1.88 bits per heavy atom. The van der Waals surface area contributed by atoms with E-state index in [0.29, 0.717) is 0 Å². The molecule has 0 amide bonds. The standard InChI is InChI=1S/C12H18N2O2S/c13-17(15,16)9-11-4-6-12(7-5-11)14-8-10-2-1-3-10/h4-7,10,14H,1-3,8-9H2,(H2,13,15,16). The molecule has 1 fully saturated rings. The van der Waals surface area contributed by atoms with Crippen LogP contribution in [0.4, 0.5) is 5.69 Å². The summed E-state index contributed by atoms with van der Waals surface area (Å²) in [4.78, 5) is 0. The minimum absolute atomic E-state index is 0.101. The third-order valence-electron chi connectivity index (χ3n) is 3.14. The summed E-state index contributed by atoms with van der Waals surface area (Å²) in [5.74, 6) is 0.703. The van der Waals surface area contributed by atoms with Gasteiger partial charge >= 0.3 is 0 Å². The SMILES string of the molecule is NS(=O)(=O)Cc1ccc(NCC2CCC2)cc1. The van der Waals surface area contributed by atoms with E-state index in [4.69, 9.17) is 5.14 Å². The second kappa shape index (κ2) is 5.06. The van der Waals surface area contributed by atoms with Crippen LogP contribution in [0.15, 0.2) is 24.3 Å². The van der Waals surface area contributed by atoms with Gasteiger partial charge in [-0.05, 0) is 36.5 Å². The van der Waals surface area contributed by atoms with Gasteiger partial charge in [0.15, 0.2) is 0 Å². The molecule has 0 unspecified atom stereocenters. The maximum Gasteiger partial charge on any atom is 0.213 e. The number of hydrogen-bond donors (Lipinski definition) is 2. The highest BCUT2D eigenvalue weighted by Crippen LogP contribution is 2.26. The molecule has 0 aliphatic heterocycles. The van der Waals surface area contributed by atoms with Gasteiger partial charge in [-0.1, -0.05) is 18.6 Å². The smallest absolute Gasteiger partial charge is 0.213 e. The molecule has 4 nitrogen and oxygen atoms in total. The zero-order valence-corrected chi connectivity index (χ0v) is 10.5. The van der Waals surface area contributed by atoms with Gasteiger partial charge in [0.2, 0.25) is 10.0 Å². The zero-order valence-electron chi connectivity index (χ0n) is 9.72. The monoisotopic (exact) mass is 254 g/mol. The number of rotatable bonds is 5. The van der Waals surface area contributed by atoms with Gasteiger partial charge in [0.1, 0.15) is 0 Å². The second-order valence-electron chi connectivity index (χ2n) is 4.68. The molecule has 1 saturated carbocycles. The molecule has 1 aliphatic carbocycles. The molecule has 0 atom stereocenters. The number of anilines is 1. The number of benzene rings is 1.